The number of amides is 1. The highest BCUT2D eigenvalue weighted by molar-refractivity contribution is 7.98. The van der Waals surface area contributed by atoms with Gasteiger partial charge < -0.3 is 5.32 Å². The molecule has 0 saturated carbocycles. The van der Waals surface area contributed by atoms with Crippen molar-refractivity contribution < 1.29 is 4.79 Å². The van der Waals surface area contributed by atoms with E-state index in [1.54, 1.807) is 11.8 Å². The summed E-state index contributed by atoms with van der Waals surface area (Å²) in [5, 5.41) is 8.10. The Labute approximate surface area is 159 Å². The van der Waals surface area contributed by atoms with E-state index in [4.69, 9.17) is 0 Å². The second-order valence-corrected chi connectivity index (χ2v) is 7.77. The second-order valence-electron chi connectivity index (χ2n) is 5.71. The van der Waals surface area contributed by atoms with Crippen molar-refractivity contribution >= 4 is 39.7 Å². The average Bonchev–Trinajstić information content (AvgIpc) is 3.05. The summed E-state index contributed by atoms with van der Waals surface area (Å²) in [6, 6.07) is 9.20. The normalized spacial score (nSPS) is 11.0. The quantitative estimate of drug-likeness (QED) is 0.624. The van der Waals surface area contributed by atoms with E-state index in [0.717, 1.165) is 28.4 Å². The number of hydrogen-bond donors (Lipinski definition) is 1. The molecule has 0 saturated heterocycles. The molecule has 3 aromatic rings. The zero-order valence-corrected chi connectivity index (χ0v) is 16.3. The summed E-state index contributed by atoms with van der Waals surface area (Å²) in [7, 11) is 0. The smallest absolute Gasteiger partial charge is 0.275 e. The van der Waals surface area contributed by atoms with E-state index in [1.807, 2.05) is 38.1 Å². The van der Waals surface area contributed by atoms with Gasteiger partial charge in [-0.3, -0.25) is 9.59 Å². The van der Waals surface area contributed by atoms with Crippen LogP contribution in [0.2, 0.25) is 0 Å². The van der Waals surface area contributed by atoms with E-state index in [0.29, 0.717) is 22.8 Å². The fourth-order valence-electron chi connectivity index (χ4n) is 2.40. The van der Waals surface area contributed by atoms with Gasteiger partial charge in [0.25, 0.3) is 5.56 Å². The van der Waals surface area contributed by atoms with Gasteiger partial charge in [0.1, 0.15) is 5.01 Å². The maximum Gasteiger partial charge on any atom is 0.275 e. The number of nitrogens with zero attached hydrogens (tertiary/aromatic N) is 3. The van der Waals surface area contributed by atoms with Gasteiger partial charge in [0, 0.05) is 23.1 Å². The van der Waals surface area contributed by atoms with Crippen molar-refractivity contribution in [2.24, 2.45) is 0 Å². The Kier molecular flexibility index (Phi) is 6.05. The van der Waals surface area contributed by atoms with Crippen LogP contribution in [0, 0.1) is 0 Å². The van der Waals surface area contributed by atoms with E-state index in [1.165, 1.54) is 21.9 Å². The predicted molar refractivity (Wildman–Crippen MR) is 106 cm³/mol. The van der Waals surface area contributed by atoms with E-state index < -0.39 is 0 Å². The molecule has 8 heteroatoms. The fraction of sp³-hybridized carbons (Fsp3) is 0.333. The first-order valence-corrected chi connectivity index (χ1v) is 10.3. The van der Waals surface area contributed by atoms with Gasteiger partial charge in [-0.15, -0.1) is 11.8 Å². The third-order valence-electron chi connectivity index (χ3n) is 3.66. The molecular formula is C18H20N4O2S2. The summed E-state index contributed by atoms with van der Waals surface area (Å²) in [5.41, 5.74) is 1.34. The Morgan fingerprint density at radius 2 is 2.12 bits per heavy atom. The molecule has 1 aromatic carbocycles. The predicted octanol–water partition coefficient (Wildman–Crippen LogP) is 3.74. The van der Waals surface area contributed by atoms with E-state index in [9.17, 15) is 9.59 Å². The van der Waals surface area contributed by atoms with Crippen molar-refractivity contribution in [3.8, 4) is 0 Å². The number of hydrogen-bond acceptors (Lipinski definition) is 6. The molecular weight excluding hydrogens is 368 g/mol. The van der Waals surface area contributed by atoms with Crippen molar-refractivity contribution in [3.05, 3.63) is 51.4 Å². The Bertz CT molecular complexity index is 981. The van der Waals surface area contributed by atoms with Crippen molar-refractivity contribution in [3.63, 3.8) is 0 Å². The Hall–Kier alpha value is -2.19. The molecule has 1 amide bonds. The zero-order chi connectivity index (χ0) is 18.5. The van der Waals surface area contributed by atoms with Gasteiger partial charge in [-0.2, -0.15) is 9.61 Å². The third kappa shape index (κ3) is 4.31. The van der Waals surface area contributed by atoms with Crippen LogP contribution in [-0.2, 0) is 17.0 Å². The summed E-state index contributed by atoms with van der Waals surface area (Å²) in [6.45, 7) is 3.98. The lowest BCUT2D eigenvalue weighted by atomic mass is 10.3. The molecule has 0 unspecified atom stereocenters. The minimum absolute atomic E-state index is 0.00935. The molecule has 2 heterocycles. The van der Waals surface area contributed by atoms with Crippen LogP contribution < -0.4 is 10.9 Å². The molecule has 0 aliphatic rings. The standard InChI is InChI=1S/C18H20N4O2S2/c1-3-7-15(23)20-13-8-5-6-9-14(13)25-11-12-10-17(24)22-18(19-12)26-16(4-2)21-22/h5-6,8-10H,3-4,7,11H2,1-2H3,(H,20,23). The Morgan fingerprint density at radius 3 is 2.88 bits per heavy atom. The minimum Gasteiger partial charge on any atom is -0.325 e. The highest BCUT2D eigenvalue weighted by atomic mass is 32.2. The number of aromatic nitrogens is 3. The molecule has 26 heavy (non-hydrogen) atoms. The molecule has 1 N–H and O–H groups in total. The van der Waals surface area contributed by atoms with Crippen molar-refractivity contribution in [1.29, 1.82) is 0 Å². The summed E-state index contributed by atoms with van der Waals surface area (Å²) in [4.78, 5) is 30.2. The van der Waals surface area contributed by atoms with Gasteiger partial charge in [-0.1, -0.05) is 37.3 Å². The summed E-state index contributed by atoms with van der Waals surface area (Å²) in [6.07, 6.45) is 2.09. The molecule has 0 aliphatic heterocycles. The highest BCUT2D eigenvalue weighted by Crippen LogP contribution is 2.29. The van der Waals surface area contributed by atoms with Crippen LogP contribution in [0.1, 0.15) is 37.4 Å². The average molecular weight is 389 g/mol. The summed E-state index contributed by atoms with van der Waals surface area (Å²) >= 11 is 2.99. The summed E-state index contributed by atoms with van der Waals surface area (Å²) < 4.78 is 1.36. The van der Waals surface area contributed by atoms with Gasteiger partial charge in [-0.05, 0) is 25.0 Å². The van der Waals surface area contributed by atoms with E-state index >= 15 is 0 Å². The second kappa shape index (κ2) is 8.46. The number of rotatable bonds is 7. The number of anilines is 1. The van der Waals surface area contributed by atoms with Crippen LogP contribution in [0.5, 0.6) is 0 Å². The van der Waals surface area contributed by atoms with Gasteiger partial charge in [-0.25, -0.2) is 4.98 Å². The van der Waals surface area contributed by atoms with Crippen molar-refractivity contribution in [2.45, 2.75) is 43.8 Å². The molecule has 3 rings (SSSR count). The van der Waals surface area contributed by atoms with E-state index in [2.05, 4.69) is 15.4 Å². The fourth-order valence-corrected chi connectivity index (χ4v) is 4.16. The van der Waals surface area contributed by atoms with Crippen LogP contribution in [0.25, 0.3) is 4.96 Å². The number of aryl methyl sites for hydroxylation is 1. The van der Waals surface area contributed by atoms with Crippen LogP contribution in [0.4, 0.5) is 5.69 Å². The highest BCUT2D eigenvalue weighted by Gasteiger charge is 2.10. The minimum atomic E-state index is -0.161. The molecule has 136 valence electrons. The van der Waals surface area contributed by atoms with Gasteiger partial charge >= 0.3 is 0 Å². The van der Waals surface area contributed by atoms with Crippen LogP contribution >= 0.6 is 23.1 Å². The molecule has 0 spiro atoms. The molecule has 2 aromatic heterocycles. The Morgan fingerprint density at radius 1 is 1.31 bits per heavy atom. The van der Waals surface area contributed by atoms with E-state index in [-0.39, 0.29) is 11.5 Å². The topological polar surface area (TPSA) is 76.4 Å². The number of thioether (sulfide) groups is 1. The lowest BCUT2D eigenvalue weighted by Gasteiger charge is -2.10. The third-order valence-corrected chi connectivity index (χ3v) is 5.82. The number of nitrogens with one attached hydrogen (secondary N) is 1. The lowest BCUT2D eigenvalue weighted by Crippen LogP contribution is -2.15. The first-order chi connectivity index (χ1) is 12.6. The number of carbonyl (C=O) groups excluding carboxylic acids is 1. The van der Waals surface area contributed by atoms with Gasteiger partial charge in [0.2, 0.25) is 10.9 Å². The van der Waals surface area contributed by atoms with Crippen LogP contribution in [-0.4, -0.2) is 20.5 Å². The van der Waals surface area contributed by atoms with Gasteiger partial charge in [0.05, 0.1) is 11.4 Å². The van der Waals surface area contributed by atoms with Crippen LogP contribution in [0.3, 0.4) is 0 Å². The number of carbonyl (C=O) groups is 1. The first kappa shape index (κ1) is 18.6. The number of fused-ring (bicyclic) bond motifs is 1. The number of para-hydroxylation sites is 1. The molecule has 6 nitrogen and oxygen atoms in total. The maximum absolute atomic E-state index is 12.2. The zero-order valence-electron chi connectivity index (χ0n) is 14.7. The SMILES string of the molecule is CCCC(=O)Nc1ccccc1SCc1cc(=O)n2nc(CC)sc2n1. The van der Waals surface area contributed by atoms with Crippen molar-refractivity contribution in [1.82, 2.24) is 14.6 Å². The largest absolute Gasteiger partial charge is 0.325 e. The van der Waals surface area contributed by atoms with Gasteiger partial charge in [0.15, 0.2) is 0 Å². The molecule has 0 bridgehead atoms. The Balaban J connectivity index is 1.78. The molecule has 0 aliphatic carbocycles. The molecule has 0 fully saturated rings. The molecule has 0 atom stereocenters. The van der Waals surface area contributed by atoms with Crippen LogP contribution in [0.15, 0.2) is 40.0 Å². The lowest BCUT2D eigenvalue weighted by molar-refractivity contribution is -0.116. The number of benzene rings is 1. The monoisotopic (exact) mass is 388 g/mol. The first-order valence-electron chi connectivity index (χ1n) is 8.51. The van der Waals surface area contributed by atoms with Crippen molar-refractivity contribution in [2.75, 3.05) is 5.32 Å². The molecule has 0 radical (unpaired) electrons. The summed E-state index contributed by atoms with van der Waals surface area (Å²) in [5.74, 6) is 0.557. The maximum atomic E-state index is 12.2.